The predicted octanol–water partition coefficient (Wildman–Crippen LogP) is 3.88. The number of nitrogens with one attached hydrogen (secondary N) is 2. The maximum atomic E-state index is 12.2. The lowest BCUT2D eigenvalue weighted by Crippen LogP contribution is -2.35. The molecule has 3 rings (SSSR count). The molecule has 0 aliphatic rings. The topological polar surface area (TPSA) is 79.8 Å². The molecule has 0 fully saturated rings. The van der Waals surface area contributed by atoms with Gasteiger partial charge in [-0.3, -0.25) is 9.59 Å². The Kier molecular flexibility index (Phi) is 6.97. The van der Waals surface area contributed by atoms with Crippen molar-refractivity contribution in [3.05, 3.63) is 76.3 Å². The van der Waals surface area contributed by atoms with Gasteiger partial charge >= 0.3 is 0 Å². The smallest absolute Gasteiger partial charge is 0.259 e. The maximum absolute atomic E-state index is 12.2. The number of hydrogen-bond donors (Lipinski definition) is 2. The highest BCUT2D eigenvalue weighted by Gasteiger charge is 2.11. The van der Waals surface area contributed by atoms with Crippen LogP contribution in [0.25, 0.3) is 10.8 Å². The summed E-state index contributed by atoms with van der Waals surface area (Å²) in [6, 6.07) is 18.7. The van der Waals surface area contributed by atoms with E-state index in [1.54, 1.807) is 24.4 Å². The monoisotopic (exact) mass is 453 g/mol. The number of rotatable bonds is 7. The van der Waals surface area contributed by atoms with Gasteiger partial charge in [0, 0.05) is 10.0 Å². The summed E-state index contributed by atoms with van der Waals surface area (Å²) in [5.41, 5.74) is 3.67. The Balaban J connectivity index is 1.65. The summed E-state index contributed by atoms with van der Waals surface area (Å²) in [6.07, 6.45) is 1.56. The molecule has 2 N–H and O–H groups in total. The molecule has 3 aromatic carbocycles. The van der Waals surface area contributed by atoms with Crippen LogP contribution < -0.4 is 15.5 Å². The number of hydrogen-bond acceptors (Lipinski definition) is 4. The lowest BCUT2D eigenvalue weighted by Gasteiger charge is -2.10. The van der Waals surface area contributed by atoms with Crippen LogP contribution in [-0.2, 0) is 4.79 Å². The molecule has 0 saturated heterocycles. The maximum Gasteiger partial charge on any atom is 0.259 e. The first-order chi connectivity index (χ1) is 14.1. The number of hydrazone groups is 1. The third kappa shape index (κ3) is 5.20. The minimum atomic E-state index is -0.431. The van der Waals surface area contributed by atoms with Crippen molar-refractivity contribution < 1.29 is 14.3 Å². The zero-order chi connectivity index (χ0) is 20.6. The molecular weight excluding hydrogens is 434 g/mol. The van der Waals surface area contributed by atoms with Gasteiger partial charge in [-0.25, -0.2) is 5.43 Å². The number of carbonyl (C=O) groups excluding carboxylic acids is 2. The summed E-state index contributed by atoms with van der Waals surface area (Å²) in [4.78, 5) is 24.2. The number of carbonyl (C=O) groups is 2. The van der Waals surface area contributed by atoms with Gasteiger partial charge in [0.2, 0.25) is 0 Å². The Bertz CT molecular complexity index is 1070. The van der Waals surface area contributed by atoms with Crippen molar-refractivity contribution in [1.29, 1.82) is 0 Å². The van der Waals surface area contributed by atoms with Gasteiger partial charge in [0.25, 0.3) is 11.8 Å². The zero-order valence-electron chi connectivity index (χ0n) is 15.8. The molecule has 3 aromatic rings. The predicted molar refractivity (Wildman–Crippen MR) is 117 cm³/mol. The van der Waals surface area contributed by atoms with Crippen molar-refractivity contribution in [1.82, 2.24) is 10.7 Å². The first-order valence-corrected chi connectivity index (χ1v) is 9.88. The zero-order valence-corrected chi connectivity index (χ0v) is 17.4. The average Bonchev–Trinajstić information content (AvgIpc) is 2.73. The van der Waals surface area contributed by atoms with Crippen LogP contribution in [0, 0.1) is 0 Å². The van der Waals surface area contributed by atoms with Gasteiger partial charge in [0.1, 0.15) is 5.75 Å². The van der Waals surface area contributed by atoms with Gasteiger partial charge < -0.3 is 10.1 Å². The molecule has 148 valence electrons. The number of halogens is 1. The highest BCUT2D eigenvalue weighted by molar-refractivity contribution is 9.10. The summed E-state index contributed by atoms with van der Waals surface area (Å²) < 4.78 is 6.34. The van der Waals surface area contributed by atoms with E-state index in [-0.39, 0.29) is 12.5 Å². The first-order valence-electron chi connectivity index (χ1n) is 9.09. The minimum absolute atomic E-state index is 0.189. The van der Waals surface area contributed by atoms with Crippen LogP contribution in [0.3, 0.4) is 0 Å². The Morgan fingerprint density at radius 2 is 1.83 bits per heavy atom. The quantitative estimate of drug-likeness (QED) is 0.420. The van der Waals surface area contributed by atoms with Gasteiger partial charge in [-0.2, -0.15) is 5.10 Å². The first kappa shape index (κ1) is 20.5. The normalized spacial score (nSPS) is 10.8. The molecule has 0 heterocycles. The van der Waals surface area contributed by atoms with Crippen molar-refractivity contribution >= 4 is 44.7 Å². The Hall–Kier alpha value is -3.19. The molecule has 0 bridgehead atoms. The van der Waals surface area contributed by atoms with E-state index in [4.69, 9.17) is 4.74 Å². The summed E-state index contributed by atoms with van der Waals surface area (Å²) in [7, 11) is 0. The third-order valence-electron chi connectivity index (χ3n) is 4.14. The SMILES string of the molecule is CCOc1ccc2ccccc2c1/C=N/NC(=O)CNC(=O)c1ccccc1Br. The van der Waals surface area contributed by atoms with Crippen molar-refractivity contribution in [2.45, 2.75) is 6.92 Å². The molecule has 7 heteroatoms. The average molecular weight is 454 g/mol. The van der Waals surface area contributed by atoms with Crippen molar-refractivity contribution in [2.75, 3.05) is 13.2 Å². The number of amides is 2. The van der Waals surface area contributed by atoms with Crippen molar-refractivity contribution in [3.63, 3.8) is 0 Å². The fourth-order valence-corrected chi connectivity index (χ4v) is 3.26. The van der Waals surface area contributed by atoms with Gasteiger partial charge in [0.15, 0.2) is 0 Å². The molecule has 2 amide bonds. The van der Waals surface area contributed by atoms with E-state index >= 15 is 0 Å². The lowest BCUT2D eigenvalue weighted by molar-refractivity contribution is -0.120. The number of fused-ring (bicyclic) bond motifs is 1. The largest absolute Gasteiger partial charge is 0.493 e. The van der Waals surface area contributed by atoms with Gasteiger partial charge in [0.05, 0.1) is 24.9 Å². The van der Waals surface area contributed by atoms with E-state index in [9.17, 15) is 9.59 Å². The summed E-state index contributed by atoms with van der Waals surface area (Å²) in [5, 5.41) is 8.62. The number of ether oxygens (including phenoxy) is 1. The number of benzene rings is 3. The summed E-state index contributed by atoms with van der Waals surface area (Å²) >= 11 is 3.31. The Morgan fingerprint density at radius 1 is 1.07 bits per heavy atom. The molecule has 0 unspecified atom stereocenters. The van der Waals surface area contributed by atoms with Gasteiger partial charge in [-0.15, -0.1) is 0 Å². The second-order valence-corrected chi connectivity index (χ2v) is 6.94. The molecule has 0 aromatic heterocycles. The Morgan fingerprint density at radius 3 is 2.62 bits per heavy atom. The molecule has 0 radical (unpaired) electrons. The second kappa shape index (κ2) is 9.84. The van der Waals surface area contributed by atoms with Crippen LogP contribution in [0.15, 0.2) is 70.2 Å². The van der Waals surface area contributed by atoms with E-state index in [2.05, 4.69) is 31.8 Å². The van der Waals surface area contributed by atoms with E-state index in [0.717, 1.165) is 16.3 Å². The van der Waals surface area contributed by atoms with Crippen molar-refractivity contribution in [3.8, 4) is 5.75 Å². The van der Waals surface area contributed by atoms with Crippen LogP contribution in [-0.4, -0.2) is 31.2 Å². The molecule has 29 heavy (non-hydrogen) atoms. The molecule has 0 aliphatic carbocycles. The second-order valence-electron chi connectivity index (χ2n) is 6.09. The fourth-order valence-electron chi connectivity index (χ4n) is 2.80. The molecule has 0 saturated carbocycles. The third-order valence-corrected chi connectivity index (χ3v) is 4.83. The Labute approximate surface area is 177 Å². The molecule has 6 nitrogen and oxygen atoms in total. The summed E-state index contributed by atoms with van der Waals surface area (Å²) in [5.74, 6) is -0.0874. The molecule has 0 spiro atoms. The van der Waals surface area contributed by atoms with Crippen LogP contribution in [0.4, 0.5) is 0 Å². The van der Waals surface area contributed by atoms with Crippen LogP contribution >= 0.6 is 15.9 Å². The number of nitrogens with zero attached hydrogens (tertiary/aromatic N) is 1. The van der Waals surface area contributed by atoms with Gasteiger partial charge in [-0.05, 0) is 51.8 Å². The fraction of sp³-hybridized carbons (Fsp3) is 0.136. The lowest BCUT2D eigenvalue weighted by atomic mass is 10.0. The van der Waals surface area contributed by atoms with E-state index < -0.39 is 5.91 Å². The minimum Gasteiger partial charge on any atom is -0.493 e. The van der Waals surface area contributed by atoms with E-state index in [1.165, 1.54) is 0 Å². The van der Waals surface area contributed by atoms with E-state index in [0.29, 0.717) is 22.4 Å². The molecular formula is C22H20BrN3O3. The van der Waals surface area contributed by atoms with Crippen molar-refractivity contribution in [2.24, 2.45) is 5.10 Å². The van der Waals surface area contributed by atoms with E-state index in [1.807, 2.05) is 49.4 Å². The van der Waals surface area contributed by atoms with Gasteiger partial charge in [-0.1, -0.05) is 42.5 Å². The highest BCUT2D eigenvalue weighted by atomic mass is 79.9. The van der Waals surface area contributed by atoms with Crippen LogP contribution in [0.1, 0.15) is 22.8 Å². The van der Waals surface area contributed by atoms with Crippen LogP contribution in [0.2, 0.25) is 0 Å². The molecule has 0 atom stereocenters. The molecule has 0 aliphatic heterocycles. The highest BCUT2D eigenvalue weighted by Crippen LogP contribution is 2.26. The van der Waals surface area contributed by atoms with Crippen LogP contribution in [0.5, 0.6) is 5.75 Å². The standard InChI is InChI=1S/C22H20BrN3O3/c1-2-29-20-12-11-15-7-3-4-8-16(15)18(20)13-25-26-21(27)14-24-22(28)17-9-5-6-10-19(17)23/h3-13H,2,14H2,1H3,(H,24,28)(H,26,27)/b25-13+. The summed E-state index contributed by atoms with van der Waals surface area (Å²) in [6.45, 7) is 2.24.